The van der Waals surface area contributed by atoms with E-state index >= 15 is 0 Å². The molecular formula is C24H17FN2O4S. The quantitative estimate of drug-likeness (QED) is 0.262. The minimum Gasteiger partial charge on any atom is -0.507 e. The van der Waals surface area contributed by atoms with Crippen LogP contribution in [0.15, 0.2) is 64.8 Å². The van der Waals surface area contributed by atoms with E-state index in [-0.39, 0.29) is 16.5 Å². The molecule has 32 heavy (non-hydrogen) atoms. The topological polar surface area (TPSA) is 83.6 Å². The van der Waals surface area contributed by atoms with E-state index in [0.717, 1.165) is 22.5 Å². The van der Waals surface area contributed by atoms with Crippen LogP contribution in [-0.2, 0) is 9.59 Å². The van der Waals surface area contributed by atoms with Crippen LogP contribution in [0.1, 0.15) is 28.5 Å². The Hall–Kier alpha value is -3.78. The Morgan fingerprint density at radius 1 is 1.16 bits per heavy atom. The fraction of sp³-hybridized carbons (Fsp3) is 0.125. The molecule has 1 atom stereocenters. The van der Waals surface area contributed by atoms with Crippen LogP contribution in [0.5, 0.6) is 0 Å². The lowest BCUT2D eigenvalue weighted by Crippen LogP contribution is -2.29. The van der Waals surface area contributed by atoms with Crippen LogP contribution >= 0.6 is 11.3 Å². The van der Waals surface area contributed by atoms with Gasteiger partial charge in [-0.2, -0.15) is 0 Å². The first-order valence-corrected chi connectivity index (χ1v) is 10.6. The number of hydrogen-bond acceptors (Lipinski definition) is 6. The summed E-state index contributed by atoms with van der Waals surface area (Å²) in [6, 6.07) is 11.9. The molecule has 2 aromatic carbocycles. The SMILES string of the molecule is Cc1ccc(C)c(C(O)=C2C(=O)C(=O)N(c3nc4ccc(F)cc4s3)C2c2ccco2)c1. The first-order chi connectivity index (χ1) is 15.3. The van der Waals surface area contributed by atoms with Crippen LogP contribution in [0.2, 0.25) is 0 Å². The summed E-state index contributed by atoms with van der Waals surface area (Å²) in [5.74, 6) is -2.07. The number of aliphatic hydroxyl groups excluding tert-OH is 1. The number of nitrogens with zero attached hydrogens (tertiary/aromatic N) is 2. The van der Waals surface area contributed by atoms with Crippen LogP contribution in [0.3, 0.4) is 0 Å². The Labute approximate surface area is 186 Å². The number of amides is 1. The zero-order valence-corrected chi connectivity index (χ0v) is 17.9. The van der Waals surface area contributed by atoms with Gasteiger partial charge in [-0.3, -0.25) is 14.5 Å². The number of aliphatic hydroxyl groups is 1. The van der Waals surface area contributed by atoms with Crippen molar-refractivity contribution in [3.63, 3.8) is 0 Å². The van der Waals surface area contributed by atoms with Crippen molar-refractivity contribution in [1.82, 2.24) is 4.98 Å². The summed E-state index contributed by atoms with van der Waals surface area (Å²) in [6.07, 6.45) is 1.43. The lowest BCUT2D eigenvalue weighted by atomic mass is 9.96. The Morgan fingerprint density at radius 2 is 1.97 bits per heavy atom. The van der Waals surface area contributed by atoms with Gasteiger partial charge in [0.25, 0.3) is 5.78 Å². The van der Waals surface area contributed by atoms with Gasteiger partial charge in [0.2, 0.25) is 0 Å². The number of furan rings is 1. The van der Waals surface area contributed by atoms with Crippen molar-refractivity contribution >= 4 is 44.1 Å². The molecule has 3 heterocycles. The number of rotatable bonds is 3. The molecule has 6 nitrogen and oxygen atoms in total. The maximum Gasteiger partial charge on any atom is 0.302 e. The molecule has 1 N–H and O–H groups in total. The number of anilines is 1. The van der Waals surface area contributed by atoms with E-state index < -0.39 is 23.5 Å². The molecule has 0 saturated carbocycles. The number of benzene rings is 2. The third-order valence-corrected chi connectivity index (χ3v) is 6.47. The molecule has 1 aliphatic rings. The third kappa shape index (κ3) is 3.11. The second kappa shape index (κ2) is 7.42. The van der Waals surface area contributed by atoms with Gasteiger partial charge >= 0.3 is 5.91 Å². The van der Waals surface area contributed by atoms with Crippen LogP contribution in [0.4, 0.5) is 9.52 Å². The Kier molecular flexibility index (Phi) is 4.67. The van der Waals surface area contributed by atoms with E-state index in [0.29, 0.717) is 21.5 Å². The summed E-state index contributed by atoms with van der Waals surface area (Å²) >= 11 is 1.09. The van der Waals surface area contributed by atoms with E-state index in [1.54, 1.807) is 18.2 Å². The maximum atomic E-state index is 13.7. The highest BCUT2D eigenvalue weighted by atomic mass is 32.1. The average Bonchev–Trinajstić information content (AvgIpc) is 3.48. The lowest BCUT2D eigenvalue weighted by molar-refractivity contribution is -0.132. The van der Waals surface area contributed by atoms with E-state index in [1.807, 2.05) is 26.0 Å². The zero-order valence-electron chi connectivity index (χ0n) is 17.1. The number of carbonyl (C=O) groups excluding carboxylic acids is 2. The minimum atomic E-state index is -1.00. The molecule has 1 aliphatic heterocycles. The van der Waals surface area contributed by atoms with Gasteiger partial charge < -0.3 is 9.52 Å². The fourth-order valence-corrected chi connectivity index (χ4v) is 4.89. The number of Topliss-reactive ketones (excluding diaryl/α,β-unsaturated/α-hetero) is 1. The summed E-state index contributed by atoms with van der Waals surface area (Å²) in [4.78, 5) is 31.9. The van der Waals surface area contributed by atoms with E-state index in [9.17, 15) is 19.1 Å². The number of aromatic nitrogens is 1. The molecule has 0 aliphatic carbocycles. The monoisotopic (exact) mass is 448 g/mol. The highest BCUT2D eigenvalue weighted by Gasteiger charge is 2.49. The molecular weight excluding hydrogens is 431 g/mol. The molecule has 1 amide bonds. The van der Waals surface area contributed by atoms with Gasteiger partial charge in [0.1, 0.15) is 23.4 Å². The smallest absolute Gasteiger partial charge is 0.302 e. The number of halogens is 1. The maximum absolute atomic E-state index is 13.7. The van der Waals surface area contributed by atoms with Gasteiger partial charge in [0.05, 0.1) is 22.1 Å². The highest BCUT2D eigenvalue weighted by Crippen LogP contribution is 2.44. The normalized spacial score (nSPS) is 18.1. The van der Waals surface area contributed by atoms with Crippen molar-refractivity contribution in [2.45, 2.75) is 19.9 Å². The van der Waals surface area contributed by atoms with Gasteiger partial charge in [-0.25, -0.2) is 9.37 Å². The summed E-state index contributed by atoms with van der Waals surface area (Å²) in [5, 5.41) is 11.4. The van der Waals surface area contributed by atoms with Crippen LogP contribution < -0.4 is 4.90 Å². The summed E-state index contributed by atoms with van der Waals surface area (Å²) in [6.45, 7) is 3.69. The summed E-state index contributed by atoms with van der Waals surface area (Å²) in [5.41, 5.74) is 2.54. The van der Waals surface area contributed by atoms with Gasteiger partial charge in [0.15, 0.2) is 5.13 Å². The van der Waals surface area contributed by atoms with Crippen molar-refractivity contribution in [3.05, 3.63) is 88.6 Å². The fourth-order valence-electron chi connectivity index (χ4n) is 3.87. The number of hydrogen-bond donors (Lipinski definition) is 1. The Balaban J connectivity index is 1.74. The largest absolute Gasteiger partial charge is 0.507 e. The molecule has 0 radical (unpaired) electrons. The Morgan fingerprint density at radius 3 is 2.72 bits per heavy atom. The molecule has 160 valence electrons. The molecule has 2 aromatic heterocycles. The van der Waals surface area contributed by atoms with E-state index in [2.05, 4.69) is 4.98 Å². The van der Waals surface area contributed by atoms with Crippen molar-refractivity contribution in [2.24, 2.45) is 0 Å². The molecule has 0 bridgehead atoms. The minimum absolute atomic E-state index is 0.0795. The molecule has 4 aromatic rings. The van der Waals surface area contributed by atoms with E-state index in [1.165, 1.54) is 29.4 Å². The second-order valence-corrected chi connectivity index (χ2v) is 8.62. The Bertz CT molecular complexity index is 1420. The number of thiazole rings is 1. The average molecular weight is 448 g/mol. The molecule has 1 saturated heterocycles. The number of carbonyl (C=O) groups is 2. The van der Waals surface area contributed by atoms with Crippen LogP contribution in [-0.4, -0.2) is 21.8 Å². The molecule has 0 spiro atoms. The predicted molar refractivity (Wildman–Crippen MR) is 119 cm³/mol. The first kappa shape index (κ1) is 20.1. The van der Waals surface area contributed by atoms with Crippen molar-refractivity contribution in [3.8, 4) is 0 Å². The second-order valence-electron chi connectivity index (χ2n) is 7.61. The van der Waals surface area contributed by atoms with Gasteiger partial charge in [-0.1, -0.05) is 29.0 Å². The van der Waals surface area contributed by atoms with Crippen molar-refractivity contribution in [2.75, 3.05) is 4.90 Å². The number of fused-ring (bicyclic) bond motifs is 1. The highest BCUT2D eigenvalue weighted by molar-refractivity contribution is 7.22. The third-order valence-electron chi connectivity index (χ3n) is 5.45. The van der Waals surface area contributed by atoms with Gasteiger partial charge in [-0.15, -0.1) is 0 Å². The molecule has 8 heteroatoms. The molecule has 1 fully saturated rings. The zero-order chi connectivity index (χ0) is 22.6. The number of ketones is 1. The van der Waals surface area contributed by atoms with Crippen LogP contribution in [0, 0.1) is 19.7 Å². The standard InChI is InChI=1S/C24H17FN2O4S/c1-12-5-6-13(2)15(10-12)21(28)19-20(17-4-3-9-31-17)27(23(30)22(19)29)24-26-16-8-7-14(25)11-18(16)32-24/h3-11,20,28H,1-2H3. The van der Waals surface area contributed by atoms with Crippen LogP contribution in [0.25, 0.3) is 16.0 Å². The lowest BCUT2D eigenvalue weighted by Gasteiger charge is -2.20. The van der Waals surface area contributed by atoms with Crippen molar-refractivity contribution < 1.29 is 23.5 Å². The summed E-state index contributed by atoms with van der Waals surface area (Å²) in [7, 11) is 0. The number of aryl methyl sites for hydroxylation is 2. The molecule has 5 rings (SSSR count). The molecule has 1 unspecified atom stereocenters. The van der Waals surface area contributed by atoms with Crippen molar-refractivity contribution in [1.29, 1.82) is 0 Å². The van der Waals surface area contributed by atoms with E-state index in [4.69, 9.17) is 4.42 Å². The first-order valence-electron chi connectivity index (χ1n) is 9.83. The summed E-state index contributed by atoms with van der Waals surface area (Å²) < 4.78 is 19.8. The van der Waals surface area contributed by atoms with Gasteiger partial charge in [0, 0.05) is 5.56 Å². The predicted octanol–water partition coefficient (Wildman–Crippen LogP) is 5.27. The van der Waals surface area contributed by atoms with Gasteiger partial charge in [-0.05, 0) is 55.8 Å².